The van der Waals surface area contributed by atoms with Gasteiger partial charge in [0.15, 0.2) is 9.84 Å². The van der Waals surface area contributed by atoms with E-state index in [0.29, 0.717) is 0 Å². The standard InChI is InChI=1S/C19H20O4S/c1-19(2)17(14-9-11-15(12-10-14)24(3,21)22)16(18(20)23-19)13-7-5-4-6-8-13/h4-12,16-17H,1-3H3. The number of sulfone groups is 1. The van der Waals surface area contributed by atoms with Gasteiger partial charge in [-0.1, -0.05) is 42.5 Å². The Morgan fingerprint density at radius 3 is 2.04 bits per heavy atom. The third-order valence-electron chi connectivity index (χ3n) is 4.53. The molecular formula is C19H20O4S. The van der Waals surface area contributed by atoms with Gasteiger partial charge in [0.2, 0.25) is 0 Å². The first kappa shape index (κ1) is 16.7. The van der Waals surface area contributed by atoms with Gasteiger partial charge in [0.25, 0.3) is 0 Å². The molecule has 2 aromatic rings. The lowest BCUT2D eigenvalue weighted by Crippen LogP contribution is -2.27. The Labute approximate surface area is 142 Å². The van der Waals surface area contributed by atoms with E-state index in [1.165, 1.54) is 6.26 Å². The maximum atomic E-state index is 12.5. The molecule has 5 heteroatoms. The quantitative estimate of drug-likeness (QED) is 0.802. The number of ether oxygens (including phenoxy) is 1. The van der Waals surface area contributed by atoms with E-state index >= 15 is 0 Å². The van der Waals surface area contributed by atoms with Gasteiger partial charge >= 0.3 is 5.97 Å². The van der Waals surface area contributed by atoms with Crippen LogP contribution in [0.2, 0.25) is 0 Å². The van der Waals surface area contributed by atoms with Gasteiger partial charge in [-0.15, -0.1) is 0 Å². The number of cyclic esters (lactones) is 1. The van der Waals surface area contributed by atoms with Crippen LogP contribution in [0, 0.1) is 0 Å². The summed E-state index contributed by atoms with van der Waals surface area (Å²) in [4.78, 5) is 12.8. The van der Waals surface area contributed by atoms with E-state index < -0.39 is 21.4 Å². The molecule has 0 radical (unpaired) electrons. The van der Waals surface area contributed by atoms with Gasteiger partial charge in [0.05, 0.1) is 10.8 Å². The SMILES string of the molecule is CC1(C)OC(=O)C(c2ccccc2)C1c1ccc(S(C)(=O)=O)cc1. The molecule has 0 saturated carbocycles. The van der Waals surface area contributed by atoms with Gasteiger partial charge in [-0.05, 0) is 37.1 Å². The second kappa shape index (κ2) is 5.74. The summed E-state index contributed by atoms with van der Waals surface area (Å²) in [5.41, 5.74) is 1.14. The summed E-state index contributed by atoms with van der Waals surface area (Å²) >= 11 is 0. The van der Waals surface area contributed by atoms with Gasteiger partial charge in [-0.2, -0.15) is 0 Å². The number of benzene rings is 2. The zero-order chi connectivity index (χ0) is 17.5. The third kappa shape index (κ3) is 2.96. The smallest absolute Gasteiger partial charge is 0.314 e. The second-order valence-corrected chi connectivity index (χ2v) is 8.75. The van der Waals surface area contributed by atoms with Crippen molar-refractivity contribution in [2.75, 3.05) is 6.26 Å². The zero-order valence-electron chi connectivity index (χ0n) is 13.9. The van der Waals surface area contributed by atoms with Crippen molar-refractivity contribution in [3.05, 3.63) is 65.7 Å². The molecule has 3 rings (SSSR count). The fraction of sp³-hybridized carbons (Fsp3) is 0.316. The molecule has 0 spiro atoms. The van der Waals surface area contributed by atoms with Crippen molar-refractivity contribution in [3.8, 4) is 0 Å². The Balaban J connectivity index is 2.07. The van der Waals surface area contributed by atoms with Crippen LogP contribution in [0.15, 0.2) is 59.5 Å². The van der Waals surface area contributed by atoms with Crippen molar-refractivity contribution < 1.29 is 17.9 Å². The molecule has 0 aromatic heterocycles. The van der Waals surface area contributed by atoms with Gasteiger partial charge in [0.1, 0.15) is 5.60 Å². The number of esters is 1. The summed E-state index contributed by atoms with van der Waals surface area (Å²) in [6, 6.07) is 16.3. The lowest BCUT2D eigenvalue weighted by Gasteiger charge is -2.27. The maximum Gasteiger partial charge on any atom is 0.314 e. The molecule has 24 heavy (non-hydrogen) atoms. The number of carbonyl (C=O) groups excluding carboxylic acids is 1. The fourth-order valence-electron chi connectivity index (χ4n) is 3.43. The molecule has 126 valence electrons. The normalized spacial score (nSPS) is 23.0. The summed E-state index contributed by atoms with van der Waals surface area (Å²) in [6.07, 6.45) is 1.18. The third-order valence-corrected chi connectivity index (χ3v) is 5.65. The first-order valence-corrected chi connectivity index (χ1v) is 9.67. The van der Waals surface area contributed by atoms with Gasteiger partial charge < -0.3 is 4.74 Å². The van der Waals surface area contributed by atoms with Crippen molar-refractivity contribution in [2.45, 2.75) is 36.2 Å². The van der Waals surface area contributed by atoms with Crippen LogP contribution in [0.4, 0.5) is 0 Å². The fourth-order valence-corrected chi connectivity index (χ4v) is 4.06. The van der Waals surface area contributed by atoms with Crippen molar-refractivity contribution in [1.29, 1.82) is 0 Å². The van der Waals surface area contributed by atoms with E-state index in [-0.39, 0.29) is 16.8 Å². The highest BCUT2D eigenvalue weighted by atomic mass is 32.2. The molecule has 1 saturated heterocycles. The van der Waals surface area contributed by atoms with E-state index in [0.717, 1.165) is 11.1 Å². The van der Waals surface area contributed by atoms with E-state index in [4.69, 9.17) is 4.74 Å². The zero-order valence-corrected chi connectivity index (χ0v) is 14.7. The first-order chi connectivity index (χ1) is 11.2. The molecule has 1 aliphatic rings. The van der Waals surface area contributed by atoms with E-state index in [1.807, 2.05) is 44.2 Å². The molecule has 2 aromatic carbocycles. The molecule has 0 amide bonds. The second-order valence-electron chi connectivity index (χ2n) is 6.73. The Morgan fingerprint density at radius 1 is 0.917 bits per heavy atom. The summed E-state index contributed by atoms with van der Waals surface area (Å²) in [6.45, 7) is 3.78. The average Bonchev–Trinajstić information content (AvgIpc) is 2.76. The molecule has 1 fully saturated rings. The molecule has 0 aliphatic carbocycles. The van der Waals surface area contributed by atoms with Crippen LogP contribution in [-0.2, 0) is 19.4 Å². The molecule has 2 atom stereocenters. The van der Waals surface area contributed by atoms with Gasteiger partial charge in [-0.25, -0.2) is 8.42 Å². The number of rotatable bonds is 3. The predicted octanol–water partition coefficient (Wildman–Crippen LogP) is 3.29. The van der Waals surface area contributed by atoms with Crippen LogP contribution in [0.1, 0.15) is 36.8 Å². The van der Waals surface area contributed by atoms with Crippen LogP contribution < -0.4 is 0 Å². The highest BCUT2D eigenvalue weighted by molar-refractivity contribution is 7.90. The summed E-state index contributed by atoms with van der Waals surface area (Å²) in [7, 11) is -3.25. The summed E-state index contributed by atoms with van der Waals surface area (Å²) in [5, 5.41) is 0. The Bertz CT molecular complexity index is 852. The number of hydrogen-bond donors (Lipinski definition) is 0. The molecule has 0 N–H and O–H groups in total. The predicted molar refractivity (Wildman–Crippen MR) is 91.6 cm³/mol. The average molecular weight is 344 g/mol. The van der Waals surface area contributed by atoms with Crippen LogP contribution >= 0.6 is 0 Å². The Morgan fingerprint density at radius 2 is 1.50 bits per heavy atom. The molecule has 2 unspecified atom stereocenters. The molecule has 0 bridgehead atoms. The molecule has 1 heterocycles. The largest absolute Gasteiger partial charge is 0.458 e. The maximum absolute atomic E-state index is 12.5. The van der Waals surface area contributed by atoms with E-state index in [1.54, 1.807) is 24.3 Å². The lowest BCUT2D eigenvalue weighted by molar-refractivity contribution is -0.147. The lowest BCUT2D eigenvalue weighted by atomic mass is 9.75. The minimum Gasteiger partial charge on any atom is -0.458 e. The molecule has 1 aliphatic heterocycles. The Hall–Kier alpha value is -2.14. The Kier molecular flexibility index (Phi) is 4.00. The van der Waals surface area contributed by atoms with Gasteiger partial charge in [0, 0.05) is 12.2 Å². The van der Waals surface area contributed by atoms with Crippen molar-refractivity contribution in [3.63, 3.8) is 0 Å². The monoisotopic (exact) mass is 344 g/mol. The highest BCUT2D eigenvalue weighted by Crippen LogP contribution is 2.49. The van der Waals surface area contributed by atoms with Crippen LogP contribution in [0.5, 0.6) is 0 Å². The summed E-state index contributed by atoms with van der Waals surface area (Å²) < 4.78 is 28.9. The molecular weight excluding hydrogens is 324 g/mol. The topological polar surface area (TPSA) is 60.4 Å². The number of carbonyl (C=O) groups is 1. The van der Waals surface area contributed by atoms with Crippen LogP contribution in [0.3, 0.4) is 0 Å². The number of hydrogen-bond acceptors (Lipinski definition) is 4. The van der Waals surface area contributed by atoms with Crippen LogP contribution in [-0.4, -0.2) is 26.2 Å². The van der Waals surface area contributed by atoms with Gasteiger partial charge in [-0.3, -0.25) is 4.79 Å². The highest BCUT2D eigenvalue weighted by Gasteiger charge is 2.51. The first-order valence-electron chi connectivity index (χ1n) is 7.78. The van der Waals surface area contributed by atoms with Crippen molar-refractivity contribution in [2.24, 2.45) is 0 Å². The molecule has 4 nitrogen and oxygen atoms in total. The minimum atomic E-state index is -3.25. The minimum absolute atomic E-state index is 0.180. The van der Waals surface area contributed by atoms with Crippen LogP contribution in [0.25, 0.3) is 0 Å². The van der Waals surface area contributed by atoms with E-state index in [2.05, 4.69) is 0 Å². The van der Waals surface area contributed by atoms with Crippen molar-refractivity contribution >= 4 is 15.8 Å². The van der Waals surface area contributed by atoms with Crippen molar-refractivity contribution in [1.82, 2.24) is 0 Å². The summed E-state index contributed by atoms with van der Waals surface area (Å²) in [5.74, 6) is -0.824. The van der Waals surface area contributed by atoms with E-state index in [9.17, 15) is 13.2 Å².